The van der Waals surface area contributed by atoms with Crippen LogP contribution in [0.25, 0.3) is 0 Å². The molecule has 2 aromatic rings. The number of aryl methyl sites for hydroxylation is 1. The summed E-state index contributed by atoms with van der Waals surface area (Å²) in [5.74, 6) is 0.0928. The molecule has 1 aliphatic rings. The summed E-state index contributed by atoms with van der Waals surface area (Å²) < 4.78 is 0. The van der Waals surface area contributed by atoms with Gasteiger partial charge in [-0.15, -0.1) is 0 Å². The SMILES string of the molecule is CC[C@@H](CNC(=O)CCc1ccc(C#N)cc1)N1CCc2ccccc2C1. The van der Waals surface area contributed by atoms with Gasteiger partial charge in [-0.25, -0.2) is 0 Å². The van der Waals surface area contributed by atoms with E-state index in [-0.39, 0.29) is 5.91 Å². The van der Waals surface area contributed by atoms with Crippen LogP contribution in [0, 0.1) is 11.3 Å². The highest BCUT2D eigenvalue weighted by Crippen LogP contribution is 2.21. The van der Waals surface area contributed by atoms with Crippen molar-refractivity contribution in [3.63, 3.8) is 0 Å². The molecule has 4 nitrogen and oxygen atoms in total. The molecule has 140 valence electrons. The summed E-state index contributed by atoms with van der Waals surface area (Å²) in [7, 11) is 0. The lowest BCUT2D eigenvalue weighted by Gasteiger charge is -2.35. The molecule has 0 unspecified atom stereocenters. The van der Waals surface area contributed by atoms with Crippen molar-refractivity contribution in [3.8, 4) is 6.07 Å². The fraction of sp³-hybridized carbons (Fsp3) is 0.391. The number of fused-ring (bicyclic) bond motifs is 1. The molecular weight excluding hydrogens is 334 g/mol. The molecule has 0 aliphatic carbocycles. The van der Waals surface area contributed by atoms with Gasteiger partial charge in [-0.1, -0.05) is 43.3 Å². The molecule has 27 heavy (non-hydrogen) atoms. The molecule has 0 radical (unpaired) electrons. The van der Waals surface area contributed by atoms with Crippen LogP contribution in [-0.4, -0.2) is 29.9 Å². The predicted octanol–water partition coefficient (Wildman–Crippen LogP) is 3.44. The van der Waals surface area contributed by atoms with Gasteiger partial charge in [0, 0.05) is 32.1 Å². The molecule has 1 heterocycles. The fourth-order valence-corrected chi connectivity index (χ4v) is 3.68. The minimum Gasteiger partial charge on any atom is -0.355 e. The molecule has 1 amide bonds. The number of carbonyl (C=O) groups excluding carboxylic acids is 1. The first-order chi connectivity index (χ1) is 13.2. The first kappa shape index (κ1) is 19.1. The van der Waals surface area contributed by atoms with Crippen molar-refractivity contribution < 1.29 is 4.79 Å². The van der Waals surface area contributed by atoms with Gasteiger partial charge in [0.25, 0.3) is 0 Å². The normalized spacial score (nSPS) is 14.8. The van der Waals surface area contributed by atoms with Crippen LogP contribution in [0.5, 0.6) is 0 Å². The Morgan fingerprint density at radius 3 is 2.63 bits per heavy atom. The maximum atomic E-state index is 12.3. The van der Waals surface area contributed by atoms with Gasteiger partial charge in [0.1, 0.15) is 0 Å². The Labute approximate surface area is 161 Å². The van der Waals surface area contributed by atoms with Crippen LogP contribution in [0.2, 0.25) is 0 Å². The Kier molecular flexibility index (Phi) is 6.62. The van der Waals surface area contributed by atoms with Crippen LogP contribution in [0.15, 0.2) is 48.5 Å². The van der Waals surface area contributed by atoms with Crippen LogP contribution in [0.4, 0.5) is 0 Å². The van der Waals surface area contributed by atoms with Gasteiger partial charge < -0.3 is 5.32 Å². The third-order valence-corrected chi connectivity index (χ3v) is 5.41. The van der Waals surface area contributed by atoms with Gasteiger partial charge in [-0.2, -0.15) is 5.26 Å². The average molecular weight is 361 g/mol. The maximum absolute atomic E-state index is 12.3. The monoisotopic (exact) mass is 361 g/mol. The van der Waals surface area contributed by atoms with Crippen LogP contribution < -0.4 is 5.32 Å². The van der Waals surface area contributed by atoms with Crippen LogP contribution >= 0.6 is 0 Å². The van der Waals surface area contributed by atoms with Crippen molar-refractivity contribution in [1.82, 2.24) is 10.2 Å². The maximum Gasteiger partial charge on any atom is 0.220 e. The molecule has 3 rings (SSSR count). The minimum absolute atomic E-state index is 0.0928. The molecule has 0 fully saturated rings. The summed E-state index contributed by atoms with van der Waals surface area (Å²) in [4.78, 5) is 14.7. The van der Waals surface area contributed by atoms with Gasteiger partial charge in [0.05, 0.1) is 11.6 Å². The number of nitrogens with one attached hydrogen (secondary N) is 1. The molecular formula is C23H27N3O. The number of amides is 1. The second-order valence-electron chi connectivity index (χ2n) is 7.16. The van der Waals surface area contributed by atoms with Crippen LogP contribution in [0.1, 0.15) is 42.0 Å². The Morgan fingerprint density at radius 1 is 1.19 bits per heavy atom. The highest BCUT2D eigenvalue weighted by atomic mass is 16.1. The van der Waals surface area contributed by atoms with Crippen molar-refractivity contribution in [2.24, 2.45) is 0 Å². The summed E-state index contributed by atoms with van der Waals surface area (Å²) in [6.07, 6.45) is 3.29. The van der Waals surface area contributed by atoms with E-state index in [0.717, 1.165) is 31.5 Å². The molecule has 0 saturated carbocycles. The number of rotatable bonds is 7. The highest BCUT2D eigenvalue weighted by molar-refractivity contribution is 5.76. The Morgan fingerprint density at radius 2 is 1.93 bits per heavy atom. The molecule has 1 atom stereocenters. The number of nitriles is 1. The quantitative estimate of drug-likeness (QED) is 0.822. The van der Waals surface area contributed by atoms with E-state index in [1.165, 1.54) is 11.1 Å². The lowest BCUT2D eigenvalue weighted by Crippen LogP contribution is -2.45. The lowest BCUT2D eigenvalue weighted by atomic mass is 9.98. The van der Waals surface area contributed by atoms with E-state index in [0.29, 0.717) is 31.0 Å². The van der Waals surface area contributed by atoms with E-state index in [1.54, 1.807) is 12.1 Å². The van der Waals surface area contributed by atoms with Gasteiger partial charge >= 0.3 is 0 Å². The zero-order valence-electron chi connectivity index (χ0n) is 15.9. The number of nitrogens with zero attached hydrogens (tertiary/aromatic N) is 2. The van der Waals surface area contributed by atoms with E-state index in [4.69, 9.17) is 5.26 Å². The van der Waals surface area contributed by atoms with E-state index < -0.39 is 0 Å². The largest absolute Gasteiger partial charge is 0.355 e. The number of carbonyl (C=O) groups is 1. The van der Waals surface area contributed by atoms with Gasteiger partial charge in [-0.3, -0.25) is 9.69 Å². The Hall–Kier alpha value is -2.64. The van der Waals surface area contributed by atoms with E-state index >= 15 is 0 Å². The zero-order chi connectivity index (χ0) is 19.1. The molecule has 0 bridgehead atoms. The van der Waals surface area contributed by atoms with Gasteiger partial charge in [0.15, 0.2) is 0 Å². The second-order valence-corrected chi connectivity index (χ2v) is 7.16. The third kappa shape index (κ3) is 5.18. The Bertz CT molecular complexity index is 807. The second kappa shape index (κ2) is 9.34. The summed E-state index contributed by atoms with van der Waals surface area (Å²) >= 11 is 0. The topological polar surface area (TPSA) is 56.1 Å². The fourth-order valence-electron chi connectivity index (χ4n) is 3.68. The van der Waals surface area contributed by atoms with E-state index in [9.17, 15) is 4.79 Å². The lowest BCUT2D eigenvalue weighted by molar-refractivity contribution is -0.121. The smallest absolute Gasteiger partial charge is 0.220 e. The number of hydrogen-bond acceptors (Lipinski definition) is 3. The summed E-state index contributed by atoms with van der Waals surface area (Å²) in [5, 5.41) is 12.0. The zero-order valence-corrected chi connectivity index (χ0v) is 15.9. The van der Waals surface area contributed by atoms with E-state index in [1.807, 2.05) is 12.1 Å². The molecule has 2 aromatic carbocycles. The molecule has 4 heteroatoms. The van der Waals surface area contributed by atoms with Crippen molar-refractivity contribution in [1.29, 1.82) is 5.26 Å². The van der Waals surface area contributed by atoms with Crippen LogP contribution in [0.3, 0.4) is 0 Å². The van der Waals surface area contributed by atoms with Crippen molar-refractivity contribution in [2.45, 2.75) is 45.2 Å². The molecule has 0 spiro atoms. The average Bonchev–Trinajstić information content (AvgIpc) is 2.73. The van der Waals surface area contributed by atoms with Gasteiger partial charge in [-0.05, 0) is 48.1 Å². The molecule has 0 saturated heterocycles. The number of hydrogen-bond donors (Lipinski definition) is 1. The van der Waals surface area contributed by atoms with Crippen molar-refractivity contribution in [2.75, 3.05) is 13.1 Å². The summed E-state index contributed by atoms with van der Waals surface area (Å²) in [6, 6.07) is 18.6. The summed E-state index contributed by atoms with van der Waals surface area (Å²) in [5.41, 5.74) is 4.60. The molecule has 0 aromatic heterocycles. The van der Waals surface area contributed by atoms with Crippen molar-refractivity contribution in [3.05, 3.63) is 70.8 Å². The van der Waals surface area contributed by atoms with Crippen molar-refractivity contribution >= 4 is 5.91 Å². The number of benzene rings is 2. The minimum atomic E-state index is 0.0928. The van der Waals surface area contributed by atoms with Gasteiger partial charge in [0.2, 0.25) is 5.91 Å². The first-order valence-corrected chi connectivity index (χ1v) is 9.76. The predicted molar refractivity (Wildman–Crippen MR) is 107 cm³/mol. The summed E-state index contributed by atoms with van der Waals surface area (Å²) in [6.45, 7) is 4.91. The van der Waals surface area contributed by atoms with Crippen LogP contribution in [-0.2, 0) is 24.2 Å². The third-order valence-electron chi connectivity index (χ3n) is 5.41. The molecule has 1 aliphatic heterocycles. The van der Waals surface area contributed by atoms with E-state index in [2.05, 4.69) is 47.5 Å². The molecule has 1 N–H and O–H groups in total. The first-order valence-electron chi connectivity index (χ1n) is 9.76. The standard InChI is InChI=1S/C23H27N3O/c1-2-22(26-14-13-20-5-3-4-6-21(20)17-26)16-25-23(27)12-11-18-7-9-19(15-24)10-8-18/h3-10,22H,2,11-14,16-17H2,1H3,(H,25,27)/t22-/m0/s1. The Balaban J connectivity index is 1.46. The highest BCUT2D eigenvalue weighted by Gasteiger charge is 2.22.